The molecule has 4 atom stereocenters. The van der Waals surface area contributed by atoms with Crippen LogP contribution in [0.25, 0.3) is 0 Å². The summed E-state index contributed by atoms with van der Waals surface area (Å²) >= 11 is 2.12. The first kappa shape index (κ1) is 66.7. The molecule has 11 heteroatoms. The normalized spacial score (nSPS) is 16.0. The SMILES string of the molecule is CCCCCCCCCCCCCCCCCC(=O)OCC(COC(=O)CCCCCCCCCCCNC(=O)CCCCC1SCC(C)C1C)OC(=O)CCCCCCCCCCCCCCC(=O)O. The molecule has 0 bridgehead atoms. The van der Waals surface area contributed by atoms with Crippen LogP contribution in [0.4, 0.5) is 0 Å². The highest BCUT2D eigenvalue weighted by Crippen LogP contribution is 2.39. The van der Waals surface area contributed by atoms with E-state index in [-0.39, 0.29) is 49.9 Å². The van der Waals surface area contributed by atoms with Gasteiger partial charge in [-0.25, -0.2) is 0 Å². The number of carbonyl (C=O) groups excluding carboxylic acids is 4. The summed E-state index contributed by atoms with van der Waals surface area (Å²) in [6.45, 7) is 7.57. The van der Waals surface area contributed by atoms with Crippen LogP contribution >= 0.6 is 11.8 Å². The predicted octanol–water partition coefficient (Wildman–Crippen LogP) is 16.8. The molecule has 0 aromatic rings. The summed E-state index contributed by atoms with van der Waals surface area (Å²) in [5.74, 6) is 1.43. The summed E-state index contributed by atoms with van der Waals surface area (Å²) in [5.41, 5.74) is 0. The fourth-order valence-electron chi connectivity index (χ4n) is 9.70. The maximum Gasteiger partial charge on any atom is 0.306 e. The lowest BCUT2D eigenvalue weighted by atomic mass is 9.92. The topological polar surface area (TPSA) is 145 Å². The summed E-state index contributed by atoms with van der Waals surface area (Å²) in [4.78, 5) is 61.1. The number of ether oxygens (including phenoxy) is 3. The van der Waals surface area contributed by atoms with Gasteiger partial charge in [0.15, 0.2) is 6.10 Å². The van der Waals surface area contributed by atoms with Crippen LogP contribution in [0.15, 0.2) is 0 Å². The van der Waals surface area contributed by atoms with E-state index in [1.54, 1.807) is 0 Å². The highest BCUT2D eigenvalue weighted by Gasteiger charge is 2.29. The Bertz CT molecular complexity index is 1280. The van der Waals surface area contributed by atoms with Crippen molar-refractivity contribution in [2.45, 2.75) is 315 Å². The number of esters is 3. The van der Waals surface area contributed by atoms with Gasteiger partial charge >= 0.3 is 23.9 Å². The molecule has 1 aliphatic heterocycles. The summed E-state index contributed by atoms with van der Waals surface area (Å²) in [7, 11) is 0. The lowest BCUT2D eigenvalue weighted by molar-refractivity contribution is -0.167. The summed E-state index contributed by atoms with van der Waals surface area (Å²) < 4.78 is 16.8. The molecular weight excluding hydrogens is 911 g/mol. The van der Waals surface area contributed by atoms with Crippen molar-refractivity contribution >= 4 is 41.5 Å². The van der Waals surface area contributed by atoms with Gasteiger partial charge in [-0.2, -0.15) is 11.8 Å². The fraction of sp³-hybridized carbons (Fsp3) is 0.917. The van der Waals surface area contributed by atoms with E-state index in [0.717, 1.165) is 139 Å². The minimum atomic E-state index is -0.812. The van der Waals surface area contributed by atoms with Crippen LogP contribution in [-0.2, 0) is 38.2 Å². The molecule has 1 amide bonds. The van der Waals surface area contributed by atoms with Crippen molar-refractivity contribution in [1.82, 2.24) is 5.32 Å². The molecule has 1 fully saturated rings. The van der Waals surface area contributed by atoms with Gasteiger partial charge in [-0.15, -0.1) is 0 Å². The van der Waals surface area contributed by atoms with E-state index in [9.17, 15) is 24.0 Å². The number of carboxylic acid groups (broad SMARTS) is 1. The van der Waals surface area contributed by atoms with Crippen molar-refractivity contribution in [1.29, 1.82) is 0 Å². The van der Waals surface area contributed by atoms with Crippen LogP contribution in [-0.4, -0.2) is 71.8 Å². The third-order valence-electron chi connectivity index (χ3n) is 14.7. The second-order valence-electron chi connectivity index (χ2n) is 21.5. The minimum absolute atomic E-state index is 0.105. The molecule has 0 aliphatic carbocycles. The number of nitrogens with one attached hydrogen (secondary N) is 1. The van der Waals surface area contributed by atoms with Crippen molar-refractivity contribution in [2.75, 3.05) is 25.5 Å². The molecule has 1 saturated heterocycles. The molecule has 0 radical (unpaired) electrons. The predicted molar refractivity (Wildman–Crippen MR) is 296 cm³/mol. The third-order valence-corrected chi connectivity index (χ3v) is 16.6. The van der Waals surface area contributed by atoms with Crippen molar-refractivity contribution in [3.8, 4) is 0 Å². The van der Waals surface area contributed by atoms with Crippen molar-refractivity contribution in [3.05, 3.63) is 0 Å². The first-order valence-corrected chi connectivity index (χ1v) is 31.3. The maximum absolute atomic E-state index is 12.9. The van der Waals surface area contributed by atoms with Crippen molar-refractivity contribution in [3.63, 3.8) is 0 Å². The molecule has 0 aromatic carbocycles. The Morgan fingerprint density at radius 2 is 0.817 bits per heavy atom. The van der Waals surface area contributed by atoms with E-state index in [1.807, 2.05) is 0 Å². The van der Waals surface area contributed by atoms with Gasteiger partial charge in [-0.1, -0.05) is 226 Å². The quantitative estimate of drug-likeness (QED) is 0.0343. The van der Waals surface area contributed by atoms with Crippen LogP contribution in [0.3, 0.4) is 0 Å². The smallest absolute Gasteiger partial charge is 0.306 e. The van der Waals surface area contributed by atoms with Gasteiger partial charge in [0.1, 0.15) is 13.2 Å². The van der Waals surface area contributed by atoms with E-state index >= 15 is 0 Å². The minimum Gasteiger partial charge on any atom is -0.481 e. The Kier molecular flexibility index (Phi) is 46.9. The Hall–Kier alpha value is -2.30. The fourth-order valence-corrected chi connectivity index (χ4v) is 11.5. The molecule has 1 rings (SSSR count). The maximum atomic E-state index is 12.9. The Morgan fingerprint density at radius 3 is 1.20 bits per heavy atom. The summed E-state index contributed by atoms with van der Waals surface area (Å²) in [6.07, 6.45) is 45.8. The zero-order valence-corrected chi connectivity index (χ0v) is 47.2. The van der Waals surface area contributed by atoms with Crippen molar-refractivity contribution in [2.24, 2.45) is 11.8 Å². The van der Waals surface area contributed by atoms with E-state index in [4.69, 9.17) is 19.3 Å². The van der Waals surface area contributed by atoms with Gasteiger partial charge in [0.2, 0.25) is 5.91 Å². The second kappa shape index (κ2) is 49.9. The van der Waals surface area contributed by atoms with Gasteiger partial charge in [0.25, 0.3) is 0 Å². The molecule has 1 aliphatic rings. The number of aliphatic carboxylic acids is 1. The van der Waals surface area contributed by atoms with Crippen LogP contribution < -0.4 is 5.32 Å². The molecule has 4 unspecified atom stereocenters. The largest absolute Gasteiger partial charge is 0.481 e. The molecule has 0 spiro atoms. The average Bonchev–Trinajstić information content (AvgIpc) is 3.67. The van der Waals surface area contributed by atoms with E-state index in [0.29, 0.717) is 19.3 Å². The number of carbonyl (C=O) groups is 5. The molecule has 2 N–H and O–H groups in total. The molecule has 416 valence electrons. The van der Waals surface area contributed by atoms with Crippen LogP contribution in [0.5, 0.6) is 0 Å². The van der Waals surface area contributed by atoms with Crippen LogP contribution in [0.1, 0.15) is 303 Å². The number of hydrogen-bond donors (Lipinski definition) is 2. The lowest BCUT2D eigenvalue weighted by Gasteiger charge is -2.18. The van der Waals surface area contributed by atoms with Crippen LogP contribution in [0, 0.1) is 11.8 Å². The zero-order chi connectivity index (χ0) is 51.7. The Labute approximate surface area is 440 Å². The Balaban J connectivity index is 2.22. The van der Waals surface area contributed by atoms with E-state index < -0.39 is 12.1 Å². The van der Waals surface area contributed by atoms with Gasteiger partial charge < -0.3 is 24.6 Å². The molecule has 1 heterocycles. The van der Waals surface area contributed by atoms with Crippen molar-refractivity contribution < 1.29 is 43.3 Å². The second-order valence-corrected chi connectivity index (χ2v) is 22.8. The van der Waals surface area contributed by atoms with Gasteiger partial charge in [0.05, 0.1) is 0 Å². The first-order chi connectivity index (χ1) is 34.6. The third kappa shape index (κ3) is 44.9. The number of thioether (sulfide) groups is 1. The van der Waals surface area contributed by atoms with E-state index in [2.05, 4.69) is 37.8 Å². The number of hydrogen-bond acceptors (Lipinski definition) is 9. The molecule has 0 aromatic heterocycles. The Morgan fingerprint density at radius 1 is 0.465 bits per heavy atom. The van der Waals surface area contributed by atoms with Gasteiger partial charge in [0, 0.05) is 43.9 Å². The van der Waals surface area contributed by atoms with Gasteiger partial charge in [-0.05, 0) is 62.5 Å². The summed E-state index contributed by atoms with van der Waals surface area (Å²) in [6, 6.07) is 0. The standard InChI is InChI=1S/C60H111NO9S/c1-4-5-6-7-8-9-10-11-12-13-17-21-26-31-36-45-58(65)68-49-54(70-60(67)47-38-33-28-22-18-15-14-16-20-25-30-35-44-57(63)64)50-69-59(66)46-37-32-27-23-19-24-29-34-41-48-61-56(62)43-40-39-42-55-53(3)52(2)51-71-55/h52-55H,4-51H2,1-3H3,(H,61,62)(H,63,64). The summed E-state index contributed by atoms with van der Waals surface area (Å²) in [5, 5.41) is 12.6. The van der Waals surface area contributed by atoms with E-state index in [1.165, 1.54) is 141 Å². The number of unbranched alkanes of at least 4 members (excludes halogenated alkanes) is 34. The number of amides is 1. The zero-order valence-electron chi connectivity index (χ0n) is 46.4. The molecule has 0 saturated carbocycles. The average molecular weight is 1020 g/mol. The lowest BCUT2D eigenvalue weighted by Crippen LogP contribution is -2.30. The van der Waals surface area contributed by atoms with Gasteiger partial charge in [-0.3, -0.25) is 24.0 Å². The number of carboxylic acids is 1. The van der Waals surface area contributed by atoms with Crippen LogP contribution in [0.2, 0.25) is 0 Å². The highest BCUT2D eigenvalue weighted by atomic mass is 32.2. The molecule has 10 nitrogen and oxygen atoms in total. The highest BCUT2D eigenvalue weighted by molar-refractivity contribution is 8.00. The molecule has 71 heavy (non-hydrogen) atoms. The monoisotopic (exact) mass is 1020 g/mol. The molecular formula is C60H111NO9S. The number of rotatable bonds is 53. The first-order valence-electron chi connectivity index (χ1n) is 30.2.